The Morgan fingerprint density at radius 1 is 1.19 bits per heavy atom. The van der Waals surface area contributed by atoms with Crippen LogP contribution >= 0.6 is 11.8 Å². The summed E-state index contributed by atoms with van der Waals surface area (Å²) in [5.74, 6) is 0.758. The van der Waals surface area contributed by atoms with E-state index in [9.17, 15) is 4.79 Å². The fourth-order valence-corrected chi connectivity index (χ4v) is 4.54. The second-order valence-electron chi connectivity index (χ2n) is 6.85. The third-order valence-electron chi connectivity index (χ3n) is 5.14. The van der Waals surface area contributed by atoms with Gasteiger partial charge < -0.3 is 5.32 Å². The molecular weight excluding hydrogens is 344 g/mol. The summed E-state index contributed by atoms with van der Waals surface area (Å²) in [5, 5.41) is 12.1. The van der Waals surface area contributed by atoms with Gasteiger partial charge in [0.2, 0.25) is 0 Å². The normalized spacial score (nSPS) is 24.0. The first kappa shape index (κ1) is 17.1. The number of nitriles is 1. The maximum Gasteiger partial charge on any atom is 0.252 e. The van der Waals surface area contributed by atoms with Crippen molar-refractivity contribution < 1.29 is 4.79 Å². The van der Waals surface area contributed by atoms with Crippen LogP contribution in [0.25, 0.3) is 0 Å². The van der Waals surface area contributed by atoms with Crippen LogP contribution in [0.4, 0.5) is 0 Å². The van der Waals surface area contributed by atoms with E-state index in [-0.39, 0.29) is 12.1 Å². The lowest BCUT2D eigenvalue weighted by Crippen LogP contribution is -2.56. The summed E-state index contributed by atoms with van der Waals surface area (Å²) in [5.41, 5.74) is 1.23. The summed E-state index contributed by atoms with van der Waals surface area (Å²) < 4.78 is 0. The van der Waals surface area contributed by atoms with Crippen molar-refractivity contribution in [2.75, 3.05) is 13.1 Å². The molecule has 2 bridgehead atoms. The zero-order valence-corrected chi connectivity index (χ0v) is 15.2. The highest BCUT2D eigenvalue weighted by Gasteiger charge is 2.34. The molecule has 1 aromatic heterocycles. The third kappa shape index (κ3) is 3.74. The molecule has 3 aliphatic heterocycles. The Labute approximate surface area is 157 Å². The molecule has 2 aromatic rings. The van der Waals surface area contributed by atoms with Gasteiger partial charge >= 0.3 is 0 Å². The predicted octanol–water partition coefficient (Wildman–Crippen LogP) is 3.28. The van der Waals surface area contributed by atoms with Crippen LogP contribution < -0.4 is 5.32 Å². The molecule has 1 aromatic carbocycles. The van der Waals surface area contributed by atoms with E-state index >= 15 is 0 Å². The summed E-state index contributed by atoms with van der Waals surface area (Å²) in [4.78, 5) is 20.9. The zero-order valence-electron chi connectivity index (χ0n) is 14.4. The number of carbonyl (C=O) groups is 1. The molecule has 3 aliphatic rings. The fraction of sp³-hybridized carbons (Fsp3) is 0.350. The SMILES string of the molecule is N#Cc1cncc(Sc2ccc(C(=O)NC3CC4CCN3CC4)cc2)c1. The highest BCUT2D eigenvalue weighted by atomic mass is 32.2. The molecule has 0 radical (unpaired) electrons. The second kappa shape index (κ2) is 7.48. The van der Waals surface area contributed by atoms with Gasteiger partial charge in [-0.1, -0.05) is 11.8 Å². The van der Waals surface area contributed by atoms with Gasteiger partial charge in [-0.05, 0) is 55.5 Å². The van der Waals surface area contributed by atoms with Gasteiger partial charge in [-0.25, -0.2) is 0 Å². The van der Waals surface area contributed by atoms with E-state index in [4.69, 9.17) is 5.26 Å². The van der Waals surface area contributed by atoms with Gasteiger partial charge in [-0.15, -0.1) is 0 Å². The number of aromatic nitrogens is 1. The Balaban J connectivity index is 1.39. The monoisotopic (exact) mass is 364 g/mol. The first-order valence-electron chi connectivity index (χ1n) is 8.89. The number of amides is 1. The summed E-state index contributed by atoms with van der Waals surface area (Å²) in [6.45, 7) is 2.20. The number of piperidine rings is 3. The highest BCUT2D eigenvalue weighted by Crippen LogP contribution is 2.31. The van der Waals surface area contributed by atoms with Crippen LogP contribution in [0.15, 0.2) is 52.5 Å². The van der Waals surface area contributed by atoms with Crippen molar-refractivity contribution in [3.05, 3.63) is 53.9 Å². The van der Waals surface area contributed by atoms with E-state index in [1.165, 1.54) is 24.6 Å². The maximum absolute atomic E-state index is 12.6. The van der Waals surface area contributed by atoms with E-state index in [1.807, 2.05) is 30.3 Å². The van der Waals surface area contributed by atoms with Gasteiger partial charge in [0.25, 0.3) is 5.91 Å². The summed E-state index contributed by atoms with van der Waals surface area (Å²) >= 11 is 1.53. The van der Waals surface area contributed by atoms with Gasteiger partial charge in [0, 0.05) is 40.8 Å². The van der Waals surface area contributed by atoms with E-state index in [2.05, 4.69) is 21.3 Å². The van der Waals surface area contributed by atoms with Crippen LogP contribution in [0.2, 0.25) is 0 Å². The minimum Gasteiger partial charge on any atom is -0.336 e. The quantitative estimate of drug-likeness (QED) is 0.902. The molecule has 6 heteroatoms. The maximum atomic E-state index is 12.6. The largest absolute Gasteiger partial charge is 0.336 e. The summed E-state index contributed by atoms with van der Waals surface area (Å²) in [7, 11) is 0. The molecule has 5 nitrogen and oxygen atoms in total. The number of hydrogen-bond donors (Lipinski definition) is 1. The van der Waals surface area contributed by atoms with E-state index in [0.717, 1.165) is 35.2 Å². The van der Waals surface area contributed by atoms with Crippen LogP contribution in [0.1, 0.15) is 35.2 Å². The molecule has 0 aliphatic carbocycles. The Hall–Kier alpha value is -2.36. The number of benzene rings is 1. The fourth-order valence-electron chi connectivity index (χ4n) is 3.70. The predicted molar refractivity (Wildman–Crippen MR) is 99.7 cm³/mol. The van der Waals surface area contributed by atoms with Gasteiger partial charge in [-0.3, -0.25) is 14.7 Å². The molecule has 26 heavy (non-hydrogen) atoms. The van der Waals surface area contributed by atoms with E-state index in [0.29, 0.717) is 11.1 Å². The minimum absolute atomic E-state index is 0.00718. The number of pyridine rings is 1. The number of rotatable bonds is 4. The second-order valence-corrected chi connectivity index (χ2v) is 8.00. The number of nitrogens with zero attached hydrogens (tertiary/aromatic N) is 3. The van der Waals surface area contributed by atoms with Gasteiger partial charge in [0.05, 0.1) is 11.7 Å². The standard InChI is InChI=1S/C20H20N4OS/c21-11-15-9-18(13-22-12-15)26-17-3-1-16(2-4-17)20(25)23-19-10-14-5-7-24(19)8-6-14/h1-4,9,12-14,19H,5-8,10H2,(H,23,25). The molecule has 1 amide bonds. The number of fused-ring (bicyclic) bond motifs is 3. The Bertz CT molecular complexity index is 838. The molecule has 1 atom stereocenters. The number of carbonyl (C=O) groups excluding carboxylic acids is 1. The van der Waals surface area contributed by atoms with Crippen molar-refractivity contribution in [1.29, 1.82) is 5.26 Å². The summed E-state index contributed by atoms with van der Waals surface area (Å²) in [6, 6.07) is 11.5. The average Bonchev–Trinajstić information content (AvgIpc) is 2.69. The van der Waals surface area contributed by atoms with Crippen LogP contribution in [-0.2, 0) is 0 Å². The molecule has 3 fully saturated rings. The Morgan fingerprint density at radius 3 is 2.62 bits per heavy atom. The average molecular weight is 364 g/mol. The first-order chi connectivity index (χ1) is 12.7. The molecule has 5 rings (SSSR count). The third-order valence-corrected chi connectivity index (χ3v) is 6.11. The topological polar surface area (TPSA) is 69.0 Å². The van der Waals surface area contributed by atoms with Crippen LogP contribution in [0.5, 0.6) is 0 Å². The van der Waals surface area contributed by atoms with Crippen molar-refractivity contribution in [2.45, 2.75) is 35.2 Å². The molecule has 132 valence electrons. The molecule has 4 heterocycles. The molecule has 3 saturated heterocycles. The molecule has 1 N–H and O–H groups in total. The van der Waals surface area contributed by atoms with Crippen molar-refractivity contribution in [3.63, 3.8) is 0 Å². The van der Waals surface area contributed by atoms with E-state index in [1.54, 1.807) is 12.4 Å². The van der Waals surface area contributed by atoms with Crippen LogP contribution in [0.3, 0.4) is 0 Å². The smallest absolute Gasteiger partial charge is 0.252 e. The number of hydrogen-bond acceptors (Lipinski definition) is 5. The highest BCUT2D eigenvalue weighted by molar-refractivity contribution is 7.99. The van der Waals surface area contributed by atoms with Crippen molar-refractivity contribution in [3.8, 4) is 6.07 Å². The molecule has 0 saturated carbocycles. The van der Waals surface area contributed by atoms with Crippen molar-refractivity contribution in [2.24, 2.45) is 5.92 Å². The molecule has 1 unspecified atom stereocenters. The lowest BCUT2D eigenvalue weighted by Gasteiger charge is -2.45. The van der Waals surface area contributed by atoms with Gasteiger partial charge in [0.15, 0.2) is 0 Å². The minimum atomic E-state index is -0.00718. The lowest BCUT2D eigenvalue weighted by atomic mass is 9.86. The van der Waals surface area contributed by atoms with Crippen LogP contribution in [0, 0.1) is 17.2 Å². The Kier molecular flexibility index (Phi) is 4.91. The number of nitrogens with one attached hydrogen (secondary N) is 1. The van der Waals surface area contributed by atoms with Crippen molar-refractivity contribution in [1.82, 2.24) is 15.2 Å². The van der Waals surface area contributed by atoms with Gasteiger partial charge in [0.1, 0.15) is 6.07 Å². The Morgan fingerprint density at radius 2 is 1.96 bits per heavy atom. The molecular formula is C20H20N4OS. The van der Waals surface area contributed by atoms with Gasteiger partial charge in [-0.2, -0.15) is 5.26 Å². The first-order valence-corrected chi connectivity index (χ1v) is 9.71. The van der Waals surface area contributed by atoms with Crippen LogP contribution in [-0.4, -0.2) is 35.0 Å². The van der Waals surface area contributed by atoms with Crippen molar-refractivity contribution >= 4 is 17.7 Å². The lowest BCUT2D eigenvalue weighted by molar-refractivity contribution is 0.0295. The summed E-state index contributed by atoms with van der Waals surface area (Å²) in [6.07, 6.45) is 7.07. The molecule has 0 spiro atoms. The van der Waals surface area contributed by atoms with E-state index < -0.39 is 0 Å². The zero-order chi connectivity index (χ0) is 17.9.